The maximum Gasteiger partial charge on any atom is 0.223 e. The van der Waals surface area contributed by atoms with Gasteiger partial charge in [0.1, 0.15) is 5.82 Å². The molecule has 23 heavy (non-hydrogen) atoms. The topological polar surface area (TPSA) is 23.6 Å². The van der Waals surface area contributed by atoms with Crippen molar-refractivity contribution in [1.29, 1.82) is 0 Å². The summed E-state index contributed by atoms with van der Waals surface area (Å²) in [6, 6.07) is 7.49. The molecular formula is C19H27FN2O. The molecule has 0 saturated carbocycles. The van der Waals surface area contributed by atoms with Crippen molar-refractivity contribution in [2.24, 2.45) is 5.92 Å². The van der Waals surface area contributed by atoms with Crippen LogP contribution in [-0.4, -0.2) is 47.9 Å². The van der Waals surface area contributed by atoms with E-state index in [-0.39, 0.29) is 17.6 Å². The van der Waals surface area contributed by atoms with E-state index in [1.165, 1.54) is 12.1 Å². The molecule has 0 aromatic heterocycles. The lowest BCUT2D eigenvalue weighted by molar-refractivity contribution is -0.133. The number of halogens is 1. The molecular weight excluding hydrogens is 291 g/mol. The number of amides is 1. The Bertz CT molecular complexity index is 557. The molecule has 3 nitrogen and oxygen atoms in total. The van der Waals surface area contributed by atoms with Crippen LogP contribution in [0, 0.1) is 11.7 Å². The van der Waals surface area contributed by atoms with Gasteiger partial charge in [0.25, 0.3) is 0 Å². The quantitative estimate of drug-likeness (QED) is 0.854. The largest absolute Gasteiger partial charge is 0.337 e. The second-order valence-corrected chi connectivity index (χ2v) is 7.48. The molecule has 1 aromatic rings. The number of benzene rings is 1. The van der Waals surface area contributed by atoms with Gasteiger partial charge >= 0.3 is 0 Å². The van der Waals surface area contributed by atoms with Crippen LogP contribution in [0.3, 0.4) is 0 Å². The van der Waals surface area contributed by atoms with Crippen LogP contribution in [0.15, 0.2) is 24.3 Å². The van der Waals surface area contributed by atoms with Crippen LogP contribution in [0.25, 0.3) is 0 Å². The smallest absolute Gasteiger partial charge is 0.223 e. The van der Waals surface area contributed by atoms with Gasteiger partial charge in [0, 0.05) is 31.0 Å². The predicted molar refractivity (Wildman–Crippen MR) is 89.7 cm³/mol. The van der Waals surface area contributed by atoms with Crippen molar-refractivity contribution < 1.29 is 9.18 Å². The van der Waals surface area contributed by atoms with Crippen LogP contribution in [0.2, 0.25) is 0 Å². The third-order valence-electron chi connectivity index (χ3n) is 5.32. The molecule has 0 aliphatic carbocycles. The third-order valence-corrected chi connectivity index (χ3v) is 5.32. The molecule has 0 spiro atoms. The van der Waals surface area contributed by atoms with E-state index < -0.39 is 0 Å². The Labute approximate surface area is 138 Å². The molecule has 1 amide bonds. The normalized spacial score (nSPS) is 28.2. The van der Waals surface area contributed by atoms with E-state index in [4.69, 9.17) is 0 Å². The summed E-state index contributed by atoms with van der Waals surface area (Å²) in [5.41, 5.74) is 1.15. The Morgan fingerprint density at radius 2 is 2.00 bits per heavy atom. The van der Waals surface area contributed by atoms with Crippen molar-refractivity contribution in [3.05, 3.63) is 35.6 Å². The van der Waals surface area contributed by atoms with E-state index >= 15 is 0 Å². The monoisotopic (exact) mass is 318 g/mol. The number of likely N-dealkylation sites (tertiary alicyclic amines) is 2. The standard InChI is InChI=1S/C19H27FN2O/c1-13(2)11-18(23)22-12-16(14-6-8-15(20)9-7-14)19-17(22)5-4-10-21(19)3/h6-9,13,16-17,19H,4-5,10-12H2,1-3H3/t16-,17-,19-/m1/s1. The van der Waals surface area contributed by atoms with E-state index in [1.807, 2.05) is 12.1 Å². The molecule has 126 valence electrons. The van der Waals surface area contributed by atoms with Gasteiger partial charge in [-0.15, -0.1) is 0 Å². The van der Waals surface area contributed by atoms with E-state index in [0.29, 0.717) is 24.4 Å². The highest BCUT2D eigenvalue weighted by Gasteiger charge is 2.47. The number of fused-ring (bicyclic) bond motifs is 1. The van der Waals surface area contributed by atoms with Gasteiger partial charge in [-0.05, 0) is 50.0 Å². The summed E-state index contributed by atoms with van der Waals surface area (Å²) in [7, 11) is 2.16. The first kappa shape index (κ1) is 16.4. The lowest BCUT2D eigenvalue weighted by atomic mass is 9.86. The van der Waals surface area contributed by atoms with Gasteiger partial charge in [-0.25, -0.2) is 4.39 Å². The maximum absolute atomic E-state index is 13.3. The average molecular weight is 318 g/mol. The third kappa shape index (κ3) is 3.27. The van der Waals surface area contributed by atoms with Gasteiger partial charge in [0.05, 0.1) is 0 Å². The van der Waals surface area contributed by atoms with Gasteiger partial charge in [0.2, 0.25) is 5.91 Å². The summed E-state index contributed by atoms with van der Waals surface area (Å²) in [4.78, 5) is 17.2. The number of piperidine rings is 1. The summed E-state index contributed by atoms with van der Waals surface area (Å²) in [6.07, 6.45) is 2.83. The first-order valence-corrected chi connectivity index (χ1v) is 8.72. The van der Waals surface area contributed by atoms with Crippen molar-refractivity contribution in [3.8, 4) is 0 Å². The second kappa shape index (κ2) is 6.60. The molecule has 2 saturated heterocycles. The van der Waals surface area contributed by atoms with Crippen LogP contribution >= 0.6 is 0 Å². The summed E-state index contributed by atoms with van der Waals surface area (Å²) in [6.45, 7) is 6.02. The molecule has 2 aliphatic rings. The minimum Gasteiger partial charge on any atom is -0.337 e. The Kier molecular flexibility index (Phi) is 4.72. The van der Waals surface area contributed by atoms with Crippen molar-refractivity contribution >= 4 is 5.91 Å². The Morgan fingerprint density at radius 1 is 1.30 bits per heavy atom. The molecule has 2 heterocycles. The van der Waals surface area contributed by atoms with Crippen molar-refractivity contribution in [2.75, 3.05) is 20.1 Å². The van der Waals surface area contributed by atoms with Gasteiger partial charge in [-0.3, -0.25) is 4.79 Å². The van der Waals surface area contributed by atoms with Gasteiger partial charge in [-0.2, -0.15) is 0 Å². The first-order valence-electron chi connectivity index (χ1n) is 8.72. The fourth-order valence-corrected chi connectivity index (χ4v) is 4.30. The number of hydrogen-bond donors (Lipinski definition) is 0. The van der Waals surface area contributed by atoms with Gasteiger partial charge in [-0.1, -0.05) is 26.0 Å². The SMILES string of the molecule is CC(C)CC(=O)N1C[C@H](c2ccc(F)cc2)[C@@H]2[C@H]1CCCN2C. The van der Waals surface area contributed by atoms with Crippen LogP contribution in [0.1, 0.15) is 44.6 Å². The van der Waals surface area contributed by atoms with Crippen LogP contribution in [0.5, 0.6) is 0 Å². The lowest BCUT2D eigenvalue weighted by Crippen LogP contribution is -2.50. The number of rotatable bonds is 3. The summed E-state index contributed by atoms with van der Waals surface area (Å²) < 4.78 is 13.3. The highest BCUT2D eigenvalue weighted by molar-refractivity contribution is 5.77. The molecule has 4 heteroatoms. The Hall–Kier alpha value is -1.42. The molecule has 3 rings (SSSR count). The zero-order valence-electron chi connectivity index (χ0n) is 14.3. The molecule has 2 fully saturated rings. The summed E-state index contributed by atoms with van der Waals surface area (Å²) in [5.74, 6) is 0.733. The maximum atomic E-state index is 13.3. The molecule has 0 bridgehead atoms. The number of likely N-dealkylation sites (N-methyl/N-ethyl adjacent to an activating group) is 1. The number of hydrogen-bond acceptors (Lipinski definition) is 2. The second-order valence-electron chi connectivity index (χ2n) is 7.48. The molecule has 0 unspecified atom stereocenters. The Balaban J connectivity index is 1.87. The molecule has 0 radical (unpaired) electrons. The predicted octanol–water partition coefficient (Wildman–Crippen LogP) is 3.26. The van der Waals surface area contributed by atoms with Crippen molar-refractivity contribution in [3.63, 3.8) is 0 Å². The zero-order valence-corrected chi connectivity index (χ0v) is 14.3. The molecule has 3 atom stereocenters. The van der Waals surface area contributed by atoms with Crippen molar-refractivity contribution in [2.45, 2.75) is 51.1 Å². The average Bonchev–Trinajstić information content (AvgIpc) is 2.88. The van der Waals surface area contributed by atoms with Crippen molar-refractivity contribution in [1.82, 2.24) is 9.80 Å². The fourth-order valence-electron chi connectivity index (χ4n) is 4.30. The number of carbonyl (C=O) groups excluding carboxylic acids is 1. The first-order chi connectivity index (χ1) is 11.0. The van der Waals surface area contributed by atoms with Gasteiger partial charge in [0.15, 0.2) is 0 Å². The summed E-state index contributed by atoms with van der Waals surface area (Å²) in [5, 5.41) is 0. The zero-order chi connectivity index (χ0) is 16.6. The van der Waals surface area contributed by atoms with E-state index in [9.17, 15) is 9.18 Å². The highest BCUT2D eigenvalue weighted by atomic mass is 19.1. The molecule has 0 N–H and O–H groups in total. The van der Waals surface area contributed by atoms with Gasteiger partial charge < -0.3 is 9.80 Å². The van der Waals surface area contributed by atoms with Crippen LogP contribution in [-0.2, 0) is 4.79 Å². The highest BCUT2D eigenvalue weighted by Crippen LogP contribution is 2.39. The van der Waals surface area contributed by atoms with E-state index in [2.05, 4.69) is 30.7 Å². The lowest BCUT2D eigenvalue weighted by Gasteiger charge is -2.39. The minimum absolute atomic E-state index is 0.201. The Morgan fingerprint density at radius 3 is 2.65 bits per heavy atom. The number of carbonyl (C=O) groups is 1. The van der Waals surface area contributed by atoms with Crippen LogP contribution < -0.4 is 0 Å². The molecule has 1 aromatic carbocycles. The molecule has 2 aliphatic heterocycles. The van der Waals surface area contributed by atoms with Crippen LogP contribution in [0.4, 0.5) is 4.39 Å². The summed E-state index contributed by atoms with van der Waals surface area (Å²) >= 11 is 0. The fraction of sp³-hybridized carbons (Fsp3) is 0.632. The van der Waals surface area contributed by atoms with E-state index in [0.717, 1.165) is 31.5 Å². The number of nitrogens with zero attached hydrogens (tertiary/aromatic N) is 2. The van der Waals surface area contributed by atoms with E-state index in [1.54, 1.807) is 0 Å². The minimum atomic E-state index is -0.201.